The molecule has 0 fully saturated rings. The SMILES string of the molecule is CCOC(S)C(C)(C)SC(=S)c1ccccc1. The van der Waals surface area contributed by atoms with Crippen molar-refractivity contribution in [3.8, 4) is 0 Å². The third-order valence-corrected chi connectivity index (χ3v) is 4.90. The first-order chi connectivity index (χ1) is 7.97. The number of thiol groups is 1. The summed E-state index contributed by atoms with van der Waals surface area (Å²) in [5.74, 6) is 0. The van der Waals surface area contributed by atoms with Crippen molar-refractivity contribution in [1.82, 2.24) is 0 Å². The highest BCUT2D eigenvalue weighted by Gasteiger charge is 2.29. The lowest BCUT2D eigenvalue weighted by atomic mass is 10.2. The Balaban J connectivity index is 2.68. The molecular weight excluding hydrogens is 268 g/mol. The van der Waals surface area contributed by atoms with E-state index in [1.165, 1.54) is 0 Å². The molecule has 17 heavy (non-hydrogen) atoms. The Hall–Kier alpha value is -0.0300. The van der Waals surface area contributed by atoms with E-state index >= 15 is 0 Å². The molecule has 1 rings (SSSR count). The molecule has 0 aliphatic rings. The van der Waals surface area contributed by atoms with Gasteiger partial charge in [-0.15, -0.1) is 24.4 Å². The lowest BCUT2D eigenvalue weighted by molar-refractivity contribution is 0.107. The van der Waals surface area contributed by atoms with Crippen LogP contribution in [-0.2, 0) is 4.74 Å². The fraction of sp³-hybridized carbons (Fsp3) is 0.462. The van der Waals surface area contributed by atoms with Gasteiger partial charge in [0, 0.05) is 6.61 Å². The molecule has 0 N–H and O–H groups in total. The molecule has 1 nitrogen and oxygen atoms in total. The quantitative estimate of drug-likeness (QED) is 0.495. The number of hydrogen-bond donors (Lipinski definition) is 1. The summed E-state index contributed by atoms with van der Waals surface area (Å²) in [5.41, 5.74) is 0.955. The number of rotatable bonds is 5. The van der Waals surface area contributed by atoms with Gasteiger partial charge in [0.1, 0.15) is 5.44 Å². The molecule has 0 bridgehead atoms. The monoisotopic (exact) mass is 286 g/mol. The molecule has 0 amide bonds. The first-order valence-electron chi connectivity index (χ1n) is 5.55. The smallest absolute Gasteiger partial charge is 0.114 e. The van der Waals surface area contributed by atoms with Gasteiger partial charge in [0.05, 0.1) is 8.94 Å². The van der Waals surface area contributed by atoms with Crippen LogP contribution in [0.15, 0.2) is 30.3 Å². The van der Waals surface area contributed by atoms with Crippen molar-refractivity contribution in [3.63, 3.8) is 0 Å². The highest BCUT2D eigenvalue weighted by atomic mass is 32.2. The van der Waals surface area contributed by atoms with E-state index in [0.717, 1.165) is 9.76 Å². The van der Waals surface area contributed by atoms with Gasteiger partial charge in [-0.05, 0) is 26.3 Å². The Bertz CT molecular complexity index is 362. The van der Waals surface area contributed by atoms with Crippen molar-refractivity contribution in [3.05, 3.63) is 35.9 Å². The standard InChI is InChI=1S/C13H18OS3/c1-4-14-12(16)13(2,3)17-11(15)10-8-6-5-7-9-10/h5-9,12,16H,4H2,1-3H3. The van der Waals surface area contributed by atoms with E-state index in [-0.39, 0.29) is 10.2 Å². The lowest BCUT2D eigenvalue weighted by Gasteiger charge is -2.30. The molecular formula is C13H18OS3. The predicted octanol–water partition coefficient (Wildman–Crippen LogP) is 4.17. The third-order valence-electron chi connectivity index (χ3n) is 2.28. The summed E-state index contributed by atoms with van der Waals surface area (Å²) in [6, 6.07) is 10.0. The topological polar surface area (TPSA) is 9.23 Å². The predicted molar refractivity (Wildman–Crippen MR) is 84.2 cm³/mol. The number of thiocarbonyl (C=S) groups is 1. The minimum absolute atomic E-state index is 0.126. The van der Waals surface area contributed by atoms with E-state index in [2.05, 4.69) is 26.5 Å². The molecule has 94 valence electrons. The third kappa shape index (κ3) is 4.62. The average molecular weight is 286 g/mol. The Morgan fingerprint density at radius 3 is 2.53 bits per heavy atom. The Morgan fingerprint density at radius 1 is 1.41 bits per heavy atom. The molecule has 1 unspecified atom stereocenters. The zero-order valence-corrected chi connectivity index (χ0v) is 12.9. The Morgan fingerprint density at radius 2 is 2.00 bits per heavy atom. The van der Waals surface area contributed by atoms with Crippen molar-refractivity contribution in [2.24, 2.45) is 0 Å². The number of hydrogen-bond acceptors (Lipinski definition) is 4. The molecule has 1 aromatic carbocycles. The van der Waals surface area contributed by atoms with Crippen LogP contribution < -0.4 is 0 Å². The summed E-state index contributed by atoms with van der Waals surface area (Å²) < 4.78 is 6.26. The van der Waals surface area contributed by atoms with Gasteiger partial charge >= 0.3 is 0 Å². The summed E-state index contributed by atoms with van der Waals surface area (Å²) >= 11 is 11.6. The van der Waals surface area contributed by atoms with Crippen molar-refractivity contribution >= 4 is 40.8 Å². The van der Waals surface area contributed by atoms with Crippen LogP contribution >= 0.6 is 36.6 Å². The van der Waals surface area contributed by atoms with Gasteiger partial charge in [0.25, 0.3) is 0 Å². The second kappa shape index (κ2) is 6.78. The fourth-order valence-corrected chi connectivity index (χ4v) is 3.27. The zero-order chi connectivity index (χ0) is 12.9. The summed E-state index contributed by atoms with van der Waals surface area (Å²) in [7, 11) is 0. The molecule has 4 heteroatoms. The van der Waals surface area contributed by atoms with E-state index in [0.29, 0.717) is 6.61 Å². The second-order valence-corrected chi connectivity index (χ2v) is 6.97. The zero-order valence-electron chi connectivity index (χ0n) is 10.3. The molecule has 0 aliphatic carbocycles. The van der Waals surface area contributed by atoms with Crippen molar-refractivity contribution in [1.29, 1.82) is 0 Å². The molecule has 0 heterocycles. The van der Waals surface area contributed by atoms with Crippen LogP contribution in [0.1, 0.15) is 26.3 Å². The molecule has 0 aromatic heterocycles. The Kier molecular flexibility index (Phi) is 6.00. The van der Waals surface area contributed by atoms with E-state index in [9.17, 15) is 0 Å². The van der Waals surface area contributed by atoms with Crippen LogP contribution in [0.25, 0.3) is 0 Å². The van der Waals surface area contributed by atoms with Crippen molar-refractivity contribution in [2.75, 3.05) is 6.61 Å². The van der Waals surface area contributed by atoms with Crippen LogP contribution in [0.3, 0.4) is 0 Å². The van der Waals surface area contributed by atoms with Gasteiger partial charge in [0.15, 0.2) is 0 Å². The van der Waals surface area contributed by atoms with E-state index < -0.39 is 0 Å². The maximum absolute atomic E-state index is 5.53. The summed E-state index contributed by atoms with van der Waals surface area (Å²) in [6.45, 7) is 6.83. The first kappa shape index (κ1) is 15.0. The van der Waals surface area contributed by atoms with Gasteiger partial charge in [0.2, 0.25) is 0 Å². The van der Waals surface area contributed by atoms with Crippen LogP contribution in [0, 0.1) is 0 Å². The molecule has 0 saturated carbocycles. The molecule has 0 aliphatic heterocycles. The first-order valence-corrected chi connectivity index (χ1v) is 7.29. The lowest BCUT2D eigenvalue weighted by Crippen LogP contribution is -2.32. The molecule has 1 atom stereocenters. The minimum Gasteiger partial charge on any atom is -0.367 e. The van der Waals surface area contributed by atoms with Crippen LogP contribution in [0.5, 0.6) is 0 Å². The van der Waals surface area contributed by atoms with Crippen molar-refractivity contribution < 1.29 is 4.74 Å². The Labute approximate surface area is 119 Å². The number of thioether (sulfide) groups is 1. The van der Waals surface area contributed by atoms with Gasteiger partial charge in [-0.2, -0.15) is 0 Å². The van der Waals surface area contributed by atoms with Crippen LogP contribution in [0.4, 0.5) is 0 Å². The van der Waals surface area contributed by atoms with Gasteiger partial charge in [-0.1, -0.05) is 42.5 Å². The number of ether oxygens (including phenoxy) is 1. The maximum atomic E-state index is 5.53. The fourth-order valence-electron chi connectivity index (χ4n) is 1.28. The summed E-state index contributed by atoms with van der Waals surface area (Å²) in [5, 5.41) is 0. The summed E-state index contributed by atoms with van der Waals surface area (Å²) in [6.07, 6.45) is 0. The molecule has 0 radical (unpaired) electrons. The van der Waals surface area contributed by atoms with Crippen LogP contribution in [0.2, 0.25) is 0 Å². The molecule has 0 saturated heterocycles. The second-order valence-electron chi connectivity index (χ2n) is 4.17. The van der Waals surface area contributed by atoms with E-state index in [1.54, 1.807) is 11.8 Å². The van der Waals surface area contributed by atoms with E-state index in [1.807, 2.05) is 37.3 Å². The van der Waals surface area contributed by atoms with Crippen LogP contribution in [-0.4, -0.2) is 21.0 Å². The molecule has 1 aromatic rings. The number of benzene rings is 1. The maximum Gasteiger partial charge on any atom is 0.114 e. The largest absolute Gasteiger partial charge is 0.367 e. The molecule has 0 spiro atoms. The highest BCUT2D eigenvalue weighted by Crippen LogP contribution is 2.34. The van der Waals surface area contributed by atoms with Gasteiger partial charge in [-0.3, -0.25) is 0 Å². The highest BCUT2D eigenvalue weighted by molar-refractivity contribution is 8.24. The average Bonchev–Trinajstić information content (AvgIpc) is 2.30. The van der Waals surface area contributed by atoms with E-state index in [4.69, 9.17) is 17.0 Å². The van der Waals surface area contributed by atoms with Gasteiger partial charge in [-0.25, -0.2) is 0 Å². The normalized spacial score (nSPS) is 13.4. The minimum atomic E-state index is -0.147. The van der Waals surface area contributed by atoms with Crippen molar-refractivity contribution in [2.45, 2.75) is 31.0 Å². The summed E-state index contributed by atoms with van der Waals surface area (Å²) in [4.78, 5) is 0. The van der Waals surface area contributed by atoms with Gasteiger partial charge < -0.3 is 4.74 Å².